The molecule has 5 heteroatoms. The minimum absolute atomic E-state index is 0.118. The van der Waals surface area contributed by atoms with Gasteiger partial charge >= 0.3 is 0 Å². The second kappa shape index (κ2) is 6.08. The molecule has 0 aliphatic rings. The molecule has 0 aliphatic carbocycles. The van der Waals surface area contributed by atoms with Crippen molar-refractivity contribution in [2.24, 2.45) is 0 Å². The molecule has 1 atom stereocenters. The zero-order chi connectivity index (χ0) is 14.0. The number of halogens is 5. The van der Waals surface area contributed by atoms with Crippen LogP contribution in [0.3, 0.4) is 0 Å². The normalized spacial score (nSPS) is 12.5. The van der Waals surface area contributed by atoms with Gasteiger partial charge in [-0.25, -0.2) is 8.78 Å². The van der Waals surface area contributed by atoms with Gasteiger partial charge in [0.05, 0.1) is 5.38 Å². The summed E-state index contributed by atoms with van der Waals surface area (Å²) in [5.41, 5.74) is 1.31. The van der Waals surface area contributed by atoms with Crippen LogP contribution in [0.1, 0.15) is 16.5 Å². The molecule has 1 unspecified atom stereocenters. The van der Waals surface area contributed by atoms with Crippen LogP contribution in [-0.4, -0.2) is 0 Å². The molecule has 2 aromatic rings. The molecule has 19 heavy (non-hydrogen) atoms. The molecule has 2 rings (SSSR count). The van der Waals surface area contributed by atoms with Gasteiger partial charge in [-0.1, -0.05) is 35.3 Å². The van der Waals surface area contributed by atoms with Gasteiger partial charge in [0.1, 0.15) is 0 Å². The number of hydrogen-bond donors (Lipinski definition) is 0. The van der Waals surface area contributed by atoms with E-state index in [1.54, 1.807) is 12.1 Å². The van der Waals surface area contributed by atoms with Crippen LogP contribution in [0.4, 0.5) is 8.78 Å². The molecule has 0 aromatic heterocycles. The average molecular weight is 322 g/mol. The summed E-state index contributed by atoms with van der Waals surface area (Å²) in [6.07, 6.45) is 0.448. The van der Waals surface area contributed by atoms with Gasteiger partial charge < -0.3 is 0 Å². The molecule has 0 heterocycles. The summed E-state index contributed by atoms with van der Waals surface area (Å²) in [6, 6.07) is 9.10. The van der Waals surface area contributed by atoms with E-state index in [1.165, 1.54) is 0 Å². The maximum atomic E-state index is 13.2. The van der Waals surface area contributed by atoms with Crippen LogP contribution in [0, 0.1) is 11.6 Å². The predicted molar refractivity (Wildman–Crippen MR) is 75.1 cm³/mol. The predicted octanol–water partition coefficient (Wildman–Crippen LogP) is 5.79. The first-order chi connectivity index (χ1) is 8.97. The highest BCUT2D eigenvalue weighted by Gasteiger charge is 2.16. The second-order valence-electron chi connectivity index (χ2n) is 4.09. The third-order valence-electron chi connectivity index (χ3n) is 2.71. The summed E-state index contributed by atoms with van der Waals surface area (Å²) in [7, 11) is 0. The Kier molecular flexibility index (Phi) is 4.67. The number of rotatable bonds is 3. The van der Waals surface area contributed by atoms with Gasteiger partial charge in [-0.3, -0.25) is 0 Å². The summed E-state index contributed by atoms with van der Waals surface area (Å²) in [5, 5.41) is 0.206. The summed E-state index contributed by atoms with van der Waals surface area (Å²) >= 11 is 17.9. The lowest BCUT2D eigenvalue weighted by Crippen LogP contribution is -1.99. The van der Waals surface area contributed by atoms with Gasteiger partial charge in [-0.2, -0.15) is 0 Å². The van der Waals surface area contributed by atoms with Crippen molar-refractivity contribution in [3.63, 3.8) is 0 Å². The molecule has 0 saturated carbocycles. The Bertz CT molecular complexity index is 582. The first-order valence-corrected chi connectivity index (χ1v) is 6.69. The summed E-state index contributed by atoms with van der Waals surface area (Å²) in [5.74, 6) is -1.94. The van der Waals surface area contributed by atoms with Crippen molar-refractivity contribution in [2.75, 3.05) is 0 Å². The smallest absolute Gasteiger partial charge is 0.160 e. The van der Waals surface area contributed by atoms with Crippen LogP contribution in [0.2, 0.25) is 10.0 Å². The van der Waals surface area contributed by atoms with Crippen molar-refractivity contribution in [3.05, 3.63) is 69.2 Å². The lowest BCUT2D eigenvalue weighted by Gasteiger charge is -2.12. The molecule has 0 aliphatic heterocycles. The van der Waals surface area contributed by atoms with Crippen molar-refractivity contribution in [1.82, 2.24) is 0 Å². The van der Waals surface area contributed by atoms with Gasteiger partial charge in [0.15, 0.2) is 11.6 Å². The Morgan fingerprint density at radius 3 is 2.16 bits per heavy atom. The minimum atomic E-state index is -0.982. The van der Waals surface area contributed by atoms with E-state index in [-0.39, 0.29) is 5.02 Å². The topological polar surface area (TPSA) is 0 Å². The Hall–Kier alpha value is -0.830. The fourth-order valence-electron chi connectivity index (χ4n) is 1.72. The summed E-state index contributed by atoms with van der Waals surface area (Å²) in [4.78, 5) is 0. The Labute approximate surface area is 124 Å². The molecule has 2 aromatic carbocycles. The molecular weight excluding hydrogens is 313 g/mol. The Morgan fingerprint density at radius 2 is 1.53 bits per heavy atom. The Balaban J connectivity index is 2.22. The van der Waals surface area contributed by atoms with Crippen LogP contribution in [0.15, 0.2) is 36.4 Å². The van der Waals surface area contributed by atoms with Gasteiger partial charge in [-0.05, 0) is 41.8 Å². The molecule has 0 spiro atoms. The number of benzene rings is 2. The SMILES string of the molecule is Fc1cc(Cl)c(C(Cl)Cc2ccc(Cl)cc2)cc1F. The number of alkyl halides is 1. The van der Waals surface area contributed by atoms with Gasteiger partial charge in [-0.15, -0.1) is 11.6 Å². The van der Waals surface area contributed by atoms with Crippen molar-refractivity contribution in [1.29, 1.82) is 0 Å². The van der Waals surface area contributed by atoms with Crippen molar-refractivity contribution in [2.45, 2.75) is 11.8 Å². The largest absolute Gasteiger partial charge is 0.204 e. The van der Waals surface area contributed by atoms with Crippen molar-refractivity contribution >= 4 is 34.8 Å². The summed E-state index contributed by atoms with van der Waals surface area (Å²) in [6.45, 7) is 0. The maximum Gasteiger partial charge on any atom is 0.160 e. The molecular formula is C14H9Cl3F2. The highest BCUT2D eigenvalue weighted by atomic mass is 35.5. The van der Waals surface area contributed by atoms with E-state index >= 15 is 0 Å². The molecule has 0 fully saturated rings. The van der Waals surface area contributed by atoms with Crippen LogP contribution >= 0.6 is 34.8 Å². The Morgan fingerprint density at radius 1 is 0.947 bits per heavy atom. The lowest BCUT2D eigenvalue weighted by molar-refractivity contribution is 0.507. The highest BCUT2D eigenvalue weighted by Crippen LogP contribution is 2.32. The lowest BCUT2D eigenvalue weighted by atomic mass is 10.0. The molecule has 0 bridgehead atoms. The van der Waals surface area contributed by atoms with E-state index in [2.05, 4.69) is 0 Å². The van der Waals surface area contributed by atoms with Crippen LogP contribution in [0.25, 0.3) is 0 Å². The average Bonchev–Trinajstić information content (AvgIpc) is 2.36. The van der Waals surface area contributed by atoms with Crippen LogP contribution in [0.5, 0.6) is 0 Å². The van der Waals surface area contributed by atoms with E-state index in [9.17, 15) is 8.78 Å². The van der Waals surface area contributed by atoms with E-state index in [0.717, 1.165) is 17.7 Å². The van der Waals surface area contributed by atoms with E-state index < -0.39 is 17.0 Å². The molecule has 0 N–H and O–H groups in total. The van der Waals surface area contributed by atoms with Crippen LogP contribution in [-0.2, 0) is 6.42 Å². The monoisotopic (exact) mass is 320 g/mol. The fourth-order valence-corrected chi connectivity index (χ4v) is 2.54. The molecule has 100 valence electrons. The zero-order valence-electron chi connectivity index (χ0n) is 9.64. The van der Waals surface area contributed by atoms with Crippen molar-refractivity contribution in [3.8, 4) is 0 Å². The fraction of sp³-hybridized carbons (Fsp3) is 0.143. The first-order valence-electron chi connectivity index (χ1n) is 5.50. The van der Waals surface area contributed by atoms with Gasteiger partial charge in [0.25, 0.3) is 0 Å². The minimum Gasteiger partial charge on any atom is -0.204 e. The van der Waals surface area contributed by atoms with Gasteiger partial charge in [0.2, 0.25) is 0 Å². The molecule has 0 amide bonds. The first kappa shape index (κ1) is 14.6. The third-order valence-corrected chi connectivity index (χ3v) is 3.67. The second-order valence-corrected chi connectivity index (χ2v) is 5.46. The summed E-state index contributed by atoms with van der Waals surface area (Å²) < 4.78 is 26.2. The van der Waals surface area contributed by atoms with Gasteiger partial charge in [0, 0.05) is 10.0 Å². The van der Waals surface area contributed by atoms with Crippen molar-refractivity contribution < 1.29 is 8.78 Å². The zero-order valence-corrected chi connectivity index (χ0v) is 11.9. The molecule has 0 nitrogen and oxygen atoms in total. The highest BCUT2D eigenvalue weighted by molar-refractivity contribution is 6.32. The van der Waals surface area contributed by atoms with E-state index in [4.69, 9.17) is 34.8 Å². The molecule has 0 saturated heterocycles. The van der Waals surface area contributed by atoms with Crippen LogP contribution < -0.4 is 0 Å². The number of hydrogen-bond acceptors (Lipinski definition) is 0. The van der Waals surface area contributed by atoms with E-state index in [0.29, 0.717) is 17.0 Å². The quantitative estimate of drug-likeness (QED) is 0.495. The standard InChI is InChI=1S/C14H9Cl3F2/c15-9-3-1-8(2-4-9)5-11(16)10-6-13(18)14(19)7-12(10)17/h1-4,6-7,11H,5H2. The maximum absolute atomic E-state index is 13.2. The third kappa shape index (κ3) is 3.59. The molecule has 0 radical (unpaired) electrons. The van der Waals surface area contributed by atoms with E-state index in [1.807, 2.05) is 12.1 Å².